The predicted octanol–water partition coefficient (Wildman–Crippen LogP) is 3.72. The molecule has 1 saturated heterocycles. The highest BCUT2D eigenvalue weighted by Crippen LogP contribution is 2.31. The van der Waals surface area contributed by atoms with Gasteiger partial charge < -0.3 is 15.0 Å². The zero-order valence-electron chi connectivity index (χ0n) is 15.8. The normalized spacial score (nSPS) is 20.2. The Bertz CT molecular complexity index is 658. The van der Waals surface area contributed by atoms with Crippen molar-refractivity contribution in [1.29, 1.82) is 0 Å². The zero-order chi connectivity index (χ0) is 18.6. The molecule has 2 radical (unpaired) electrons. The fourth-order valence-corrected chi connectivity index (χ4v) is 3.54. The largest absolute Gasteiger partial charge is 0.371 e. The van der Waals surface area contributed by atoms with Gasteiger partial charge in [0.1, 0.15) is 13.6 Å². The summed E-state index contributed by atoms with van der Waals surface area (Å²) in [6.07, 6.45) is 2.38. The fraction of sp³-hybridized carbons (Fsp3) is 0.476. The molecule has 1 aliphatic rings. The fourth-order valence-electron chi connectivity index (χ4n) is 3.54. The van der Waals surface area contributed by atoms with Crippen LogP contribution < -0.4 is 10.8 Å². The van der Waals surface area contributed by atoms with Gasteiger partial charge >= 0.3 is 0 Å². The van der Waals surface area contributed by atoms with Crippen LogP contribution in [0.1, 0.15) is 45.6 Å². The van der Waals surface area contributed by atoms with E-state index in [2.05, 4.69) is 37.2 Å². The maximum atomic E-state index is 11.2. The molecule has 25 heavy (non-hydrogen) atoms. The van der Waals surface area contributed by atoms with Crippen molar-refractivity contribution in [2.75, 3.05) is 18.4 Å². The number of hydrogen-bond donors (Lipinski definition) is 1. The van der Waals surface area contributed by atoms with Gasteiger partial charge in [0.15, 0.2) is 0 Å². The summed E-state index contributed by atoms with van der Waals surface area (Å²) in [7, 11) is 6.02. The average Bonchev–Trinajstić information content (AvgIpc) is 2.53. The van der Waals surface area contributed by atoms with Gasteiger partial charge in [0, 0.05) is 42.2 Å². The lowest BCUT2D eigenvalue weighted by Crippen LogP contribution is -2.37. The van der Waals surface area contributed by atoms with E-state index in [1.165, 1.54) is 6.42 Å². The van der Waals surface area contributed by atoms with Crippen LogP contribution in [0.4, 0.5) is 5.69 Å². The molecule has 0 bridgehead atoms. The minimum atomic E-state index is 0.168. The smallest absolute Gasteiger partial charge is 0.130 e. The molecule has 0 saturated carbocycles. The number of allylic oxidation sites excluding steroid dienone is 1. The molecule has 1 fully saturated rings. The first kappa shape index (κ1) is 19.4. The number of hydrogen-bond acceptors (Lipinski definition) is 3. The van der Waals surface area contributed by atoms with E-state index in [4.69, 9.17) is 7.85 Å². The first-order chi connectivity index (χ1) is 11.8. The van der Waals surface area contributed by atoms with Gasteiger partial charge in [-0.2, -0.15) is 0 Å². The molecule has 0 amide bonds. The number of rotatable bonds is 7. The Morgan fingerprint density at radius 1 is 1.24 bits per heavy atom. The molecule has 1 aromatic rings. The van der Waals surface area contributed by atoms with Crippen LogP contribution in [0.25, 0.3) is 5.70 Å². The standard InChI is InChI=1S/C21H29BN2O/c1-14-10-15(2)13-24(12-14)18(5)20-11-19(22)8-9-21(20)23-16(3)6-7-17(4)25/h8-9,11,14-15,23H,3,5-7,10,12-13H2,1-2,4H3/t14-,15+. The number of piperidine rings is 1. The van der Waals surface area contributed by atoms with Gasteiger partial charge in [-0.15, -0.1) is 0 Å². The van der Waals surface area contributed by atoms with Gasteiger partial charge in [0.25, 0.3) is 0 Å². The maximum absolute atomic E-state index is 11.2. The van der Waals surface area contributed by atoms with Crippen molar-refractivity contribution in [2.45, 2.75) is 40.0 Å². The predicted molar refractivity (Wildman–Crippen MR) is 108 cm³/mol. The first-order valence-corrected chi connectivity index (χ1v) is 9.04. The molecule has 0 aromatic heterocycles. The van der Waals surface area contributed by atoms with Crippen molar-refractivity contribution in [3.8, 4) is 0 Å². The molecule has 0 spiro atoms. The van der Waals surface area contributed by atoms with Crippen LogP contribution in [-0.4, -0.2) is 31.6 Å². The van der Waals surface area contributed by atoms with Gasteiger partial charge in [-0.3, -0.25) is 0 Å². The number of likely N-dealkylation sites (tertiary alicyclic amines) is 1. The van der Waals surface area contributed by atoms with E-state index in [9.17, 15) is 4.79 Å². The zero-order valence-corrected chi connectivity index (χ0v) is 15.8. The summed E-state index contributed by atoms with van der Waals surface area (Å²) in [6, 6.07) is 5.80. The van der Waals surface area contributed by atoms with Crippen molar-refractivity contribution in [3.63, 3.8) is 0 Å². The molecule has 0 unspecified atom stereocenters. The third-order valence-electron chi connectivity index (χ3n) is 4.70. The Balaban J connectivity index is 2.18. The quantitative estimate of drug-likeness (QED) is 0.770. The lowest BCUT2D eigenvalue weighted by Gasteiger charge is -2.38. The van der Waals surface area contributed by atoms with Gasteiger partial charge in [0.2, 0.25) is 0 Å². The molecular weight excluding hydrogens is 307 g/mol. The van der Waals surface area contributed by atoms with Gasteiger partial charge in [0.05, 0.1) is 0 Å². The number of carbonyl (C=O) groups excluding carboxylic acids is 1. The molecule has 1 N–H and O–H groups in total. The van der Waals surface area contributed by atoms with E-state index in [0.717, 1.165) is 35.7 Å². The third-order valence-corrected chi connectivity index (χ3v) is 4.70. The monoisotopic (exact) mass is 336 g/mol. The van der Waals surface area contributed by atoms with Gasteiger partial charge in [-0.25, -0.2) is 0 Å². The highest BCUT2D eigenvalue weighted by atomic mass is 16.1. The molecule has 4 heteroatoms. The van der Waals surface area contributed by atoms with Crippen LogP contribution in [0.5, 0.6) is 0 Å². The van der Waals surface area contributed by atoms with E-state index >= 15 is 0 Å². The van der Waals surface area contributed by atoms with Crippen LogP contribution in [0.2, 0.25) is 0 Å². The molecule has 2 rings (SSSR count). The van der Waals surface area contributed by atoms with E-state index in [1.54, 1.807) is 6.92 Å². The lowest BCUT2D eigenvalue weighted by molar-refractivity contribution is -0.116. The van der Waals surface area contributed by atoms with E-state index < -0.39 is 0 Å². The summed E-state index contributed by atoms with van der Waals surface area (Å²) < 4.78 is 0. The average molecular weight is 336 g/mol. The second-order valence-electron chi connectivity index (χ2n) is 7.53. The molecule has 1 heterocycles. The van der Waals surface area contributed by atoms with Gasteiger partial charge in [-0.05, 0) is 37.7 Å². The van der Waals surface area contributed by atoms with Crippen LogP contribution >= 0.6 is 0 Å². The highest BCUT2D eigenvalue weighted by Gasteiger charge is 2.24. The highest BCUT2D eigenvalue weighted by molar-refractivity contribution is 6.32. The Labute approximate surface area is 153 Å². The molecular formula is C21H29BN2O. The number of carbonyl (C=O) groups is 1. The Kier molecular flexibility index (Phi) is 6.52. The summed E-state index contributed by atoms with van der Waals surface area (Å²) in [4.78, 5) is 13.5. The number of ketones is 1. The number of nitrogens with one attached hydrogen (secondary N) is 1. The second-order valence-corrected chi connectivity index (χ2v) is 7.53. The van der Waals surface area contributed by atoms with E-state index in [0.29, 0.717) is 30.1 Å². The minimum absolute atomic E-state index is 0.168. The maximum Gasteiger partial charge on any atom is 0.130 e. The van der Waals surface area contributed by atoms with Crippen LogP contribution in [0, 0.1) is 11.8 Å². The molecule has 3 nitrogen and oxygen atoms in total. The number of nitrogens with zero attached hydrogens (tertiary/aromatic N) is 1. The first-order valence-electron chi connectivity index (χ1n) is 9.04. The van der Waals surface area contributed by atoms with Crippen molar-refractivity contribution in [3.05, 3.63) is 42.6 Å². The summed E-state index contributed by atoms with van der Waals surface area (Å²) in [5, 5.41) is 3.35. The van der Waals surface area contributed by atoms with Gasteiger partial charge in [-0.1, -0.05) is 44.6 Å². The van der Waals surface area contributed by atoms with Crippen molar-refractivity contribution in [1.82, 2.24) is 4.90 Å². The van der Waals surface area contributed by atoms with Crippen LogP contribution in [0.15, 0.2) is 37.1 Å². The Morgan fingerprint density at radius 3 is 2.48 bits per heavy atom. The second kappa shape index (κ2) is 8.42. The minimum Gasteiger partial charge on any atom is -0.371 e. The van der Waals surface area contributed by atoms with Crippen LogP contribution in [0.3, 0.4) is 0 Å². The van der Waals surface area contributed by atoms with E-state index in [-0.39, 0.29) is 5.78 Å². The molecule has 132 valence electrons. The Morgan fingerprint density at radius 2 is 1.88 bits per heavy atom. The topological polar surface area (TPSA) is 32.3 Å². The summed E-state index contributed by atoms with van der Waals surface area (Å²) >= 11 is 0. The summed E-state index contributed by atoms with van der Waals surface area (Å²) in [6.45, 7) is 16.6. The Hall–Kier alpha value is -1.97. The lowest BCUT2D eigenvalue weighted by atomic mass is 9.89. The third kappa shape index (κ3) is 5.52. The summed E-state index contributed by atoms with van der Waals surface area (Å²) in [5.74, 6) is 1.48. The van der Waals surface area contributed by atoms with Crippen LogP contribution in [-0.2, 0) is 4.79 Å². The molecule has 0 aliphatic carbocycles. The summed E-state index contributed by atoms with van der Waals surface area (Å²) in [5.41, 5.74) is 4.49. The van der Waals surface area contributed by atoms with Crippen molar-refractivity contribution < 1.29 is 4.79 Å². The number of benzene rings is 1. The number of anilines is 1. The van der Waals surface area contributed by atoms with E-state index in [1.807, 2.05) is 18.2 Å². The molecule has 2 atom stereocenters. The van der Waals surface area contributed by atoms with Crippen molar-refractivity contribution >= 4 is 30.5 Å². The SMILES string of the molecule is [B]c1ccc(NC(=C)CCC(C)=O)c(C(=C)N2C[C@H](C)C[C@H](C)C2)c1. The number of Topliss-reactive ketones (excluding diaryl/α,β-unsaturated/α-hetero) is 1. The molecule has 1 aromatic carbocycles. The van der Waals surface area contributed by atoms with Crippen molar-refractivity contribution in [2.24, 2.45) is 11.8 Å². The molecule has 1 aliphatic heterocycles.